The van der Waals surface area contributed by atoms with Crippen LogP contribution in [0.1, 0.15) is 24.5 Å². The van der Waals surface area contributed by atoms with Crippen LogP contribution in [0.4, 0.5) is 0 Å². The maximum absolute atomic E-state index is 12.5. The number of aryl methyl sites for hydroxylation is 1. The molecule has 0 saturated heterocycles. The Morgan fingerprint density at radius 1 is 0.571 bits per heavy atom. The highest BCUT2D eigenvalue weighted by Crippen LogP contribution is 2.50. The van der Waals surface area contributed by atoms with Crippen LogP contribution in [-0.4, -0.2) is 13.2 Å². The lowest BCUT2D eigenvalue weighted by molar-refractivity contribution is 0.111. The Kier molecular flexibility index (Phi) is 11.5. The van der Waals surface area contributed by atoms with Gasteiger partial charge in [0.25, 0.3) is 0 Å². The smallest absolute Gasteiger partial charge is 0.287 e. The van der Waals surface area contributed by atoms with Crippen molar-refractivity contribution in [1.82, 2.24) is 0 Å². The molecule has 0 saturated carbocycles. The van der Waals surface area contributed by atoms with Gasteiger partial charge in [0.2, 0.25) is 0 Å². The van der Waals surface area contributed by atoms with Crippen LogP contribution in [0.25, 0.3) is 11.1 Å². The van der Waals surface area contributed by atoms with Gasteiger partial charge >= 0.3 is 7.82 Å². The standard InChI is InChI=1S/C18H23O4P.C12H10/c1-2-20-23(19,22-16-18-12-7-4-8-13-18)21-15-9-14-17-10-5-3-6-11-17;1-3-7-11(8-4-1)12-9-5-2-6-10-12/h3-8,10-13H,2,9,14-16H2,1H3;1-10H. The van der Waals surface area contributed by atoms with E-state index >= 15 is 0 Å². The van der Waals surface area contributed by atoms with Crippen molar-refractivity contribution in [2.24, 2.45) is 0 Å². The molecule has 35 heavy (non-hydrogen) atoms. The molecule has 0 spiro atoms. The summed E-state index contributed by atoms with van der Waals surface area (Å²) < 4.78 is 28.6. The molecule has 0 aliphatic rings. The normalized spacial score (nSPS) is 12.3. The fourth-order valence-electron chi connectivity index (χ4n) is 3.36. The molecule has 0 aliphatic heterocycles. The number of benzene rings is 4. The first-order valence-electron chi connectivity index (χ1n) is 11.9. The number of rotatable bonds is 11. The Morgan fingerprint density at radius 2 is 1.03 bits per heavy atom. The maximum Gasteiger partial charge on any atom is 0.475 e. The fraction of sp³-hybridized carbons (Fsp3) is 0.200. The minimum absolute atomic E-state index is 0.205. The molecule has 0 radical (unpaired) electrons. The third-order valence-corrected chi connectivity index (χ3v) is 6.62. The molecule has 0 fully saturated rings. The molecule has 4 nitrogen and oxygen atoms in total. The van der Waals surface area contributed by atoms with Gasteiger partial charge in [-0.1, -0.05) is 121 Å². The van der Waals surface area contributed by atoms with Crippen LogP contribution in [0.5, 0.6) is 0 Å². The third kappa shape index (κ3) is 10.0. The summed E-state index contributed by atoms with van der Waals surface area (Å²) in [6.07, 6.45) is 1.63. The molecule has 0 N–H and O–H groups in total. The van der Waals surface area contributed by atoms with Crippen molar-refractivity contribution in [2.45, 2.75) is 26.4 Å². The molecule has 0 aromatic heterocycles. The van der Waals surface area contributed by atoms with E-state index in [4.69, 9.17) is 13.6 Å². The lowest BCUT2D eigenvalue weighted by Crippen LogP contribution is -2.03. The van der Waals surface area contributed by atoms with Crippen LogP contribution >= 0.6 is 7.82 Å². The summed E-state index contributed by atoms with van der Waals surface area (Å²) in [6.45, 7) is 2.59. The van der Waals surface area contributed by atoms with Crippen molar-refractivity contribution in [3.63, 3.8) is 0 Å². The summed E-state index contributed by atoms with van der Waals surface area (Å²) in [5.74, 6) is 0. The predicted molar refractivity (Wildman–Crippen MR) is 143 cm³/mol. The van der Waals surface area contributed by atoms with Crippen LogP contribution in [0.3, 0.4) is 0 Å². The van der Waals surface area contributed by atoms with Crippen LogP contribution < -0.4 is 0 Å². The van der Waals surface area contributed by atoms with Crippen LogP contribution in [-0.2, 0) is 31.2 Å². The van der Waals surface area contributed by atoms with Crippen molar-refractivity contribution >= 4 is 7.82 Å². The second-order valence-corrected chi connectivity index (χ2v) is 9.45. The first-order valence-corrected chi connectivity index (χ1v) is 13.4. The van der Waals surface area contributed by atoms with Crippen LogP contribution in [0.2, 0.25) is 0 Å². The summed E-state index contributed by atoms with van der Waals surface area (Å²) in [4.78, 5) is 0. The molecule has 0 bridgehead atoms. The quantitative estimate of drug-likeness (QED) is 0.157. The van der Waals surface area contributed by atoms with Crippen LogP contribution in [0.15, 0.2) is 121 Å². The Labute approximate surface area is 209 Å². The Hall–Kier alpha value is -3.01. The molecule has 0 aliphatic carbocycles. The van der Waals surface area contributed by atoms with E-state index in [9.17, 15) is 4.57 Å². The number of hydrogen-bond acceptors (Lipinski definition) is 4. The van der Waals surface area contributed by atoms with Gasteiger partial charge in [-0.3, -0.25) is 13.6 Å². The summed E-state index contributed by atoms with van der Waals surface area (Å²) in [7, 11) is -3.51. The summed E-state index contributed by atoms with van der Waals surface area (Å²) in [6, 6.07) is 40.5. The van der Waals surface area contributed by atoms with Gasteiger partial charge in [-0.15, -0.1) is 0 Å². The van der Waals surface area contributed by atoms with Crippen molar-refractivity contribution in [3.8, 4) is 11.1 Å². The number of phosphoric ester groups is 1. The van der Waals surface area contributed by atoms with E-state index in [1.165, 1.54) is 16.7 Å². The molecular weight excluding hydrogens is 455 g/mol. The average molecular weight is 489 g/mol. The van der Waals surface area contributed by atoms with Crippen molar-refractivity contribution in [3.05, 3.63) is 132 Å². The Balaban J connectivity index is 0.000000237. The summed E-state index contributed by atoms with van der Waals surface area (Å²) in [5.41, 5.74) is 4.71. The Bertz CT molecular complexity index is 1080. The third-order valence-electron chi connectivity index (χ3n) is 5.10. The molecule has 5 heteroatoms. The molecule has 4 rings (SSSR count). The minimum Gasteiger partial charge on any atom is -0.287 e. The fourth-order valence-corrected chi connectivity index (χ4v) is 4.56. The lowest BCUT2D eigenvalue weighted by atomic mass is 10.1. The van der Waals surface area contributed by atoms with E-state index in [0.29, 0.717) is 6.61 Å². The zero-order valence-corrected chi connectivity index (χ0v) is 21.1. The van der Waals surface area contributed by atoms with Crippen LogP contribution in [0, 0.1) is 0 Å². The van der Waals surface area contributed by atoms with E-state index < -0.39 is 7.82 Å². The zero-order chi connectivity index (χ0) is 24.6. The number of phosphoric acid groups is 1. The molecule has 1 unspecified atom stereocenters. The summed E-state index contributed by atoms with van der Waals surface area (Å²) in [5, 5.41) is 0. The SMILES string of the molecule is CCOP(=O)(OCCCc1ccccc1)OCc1ccccc1.c1ccc(-c2ccccc2)cc1. The molecule has 0 heterocycles. The lowest BCUT2D eigenvalue weighted by Gasteiger charge is -2.17. The maximum atomic E-state index is 12.5. The molecule has 1 atom stereocenters. The second-order valence-electron chi connectivity index (χ2n) is 7.78. The number of hydrogen-bond donors (Lipinski definition) is 0. The van der Waals surface area contributed by atoms with Crippen molar-refractivity contribution in [2.75, 3.05) is 13.2 Å². The van der Waals surface area contributed by atoms with Gasteiger partial charge in [0.05, 0.1) is 19.8 Å². The molecule has 4 aromatic rings. The largest absolute Gasteiger partial charge is 0.475 e. The summed E-state index contributed by atoms with van der Waals surface area (Å²) >= 11 is 0. The highest BCUT2D eigenvalue weighted by molar-refractivity contribution is 7.48. The Morgan fingerprint density at radius 3 is 1.51 bits per heavy atom. The van der Waals surface area contributed by atoms with E-state index in [-0.39, 0.29) is 13.2 Å². The predicted octanol–water partition coefficient (Wildman–Crippen LogP) is 8.35. The van der Waals surface area contributed by atoms with Gasteiger partial charge in [0.1, 0.15) is 0 Å². The van der Waals surface area contributed by atoms with E-state index in [2.05, 4.69) is 60.7 Å². The van der Waals surface area contributed by atoms with E-state index in [1.54, 1.807) is 6.92 Å². The van der Waals surface area contributed by atoms with Gasteiger partial charge in [0, 0.05) is 0 Å². The molecule has 0 amide bonds. The van der Waals surface area contributed by atoms with E-state index in [1.807, 2.05) is 60.7 Å². The first-order chi connectivity index (χ1) is 17.2. The van der Waals surface area contributed by atoms with E-state index in [0.717, 1.165) is 18.4 Å². The van der Waals surface area contributed by atoms with Gasteiger partial charge in [-0.05, 0) is 42.0 Å². The van der Waals surface area contributed by atoms with Gasteiger partial charge in [0.15, 0.2) is 0 Å². The minimum atomic E-state index is -3.51. The highest BCUT2D eigenvalue weighted by atomic mass is 31.2. The zero-order valence-electron chi connectivity index (χ0n) is 20.2. The van der Waals surface area contributed by atoms with Gasteiger partial charge < -0.3 is 0 Å². The highest BCUT2D eigenvalue weighted by Gasteiger charge is 2.25. The first kappa shape index (κ1) is 26.6. The molecular formula is C30H33O4P. The van der Waals surface area contributed by atoms with Crippen molar-refractivity contribution < 1.29 is 18.1 Å². The second kappa shape index (κ2) is 15.1. The van der Waals surface area contributed by atoms with Crippen molar-refractivity contribution in [1.29, 1.82) is 0 Å². The monoisotopic (exact) mass is 488 g/mol. The topological polar surface area (TPSA) is 44.8 Å². The van der Waals surface area contributed by atoms with Gasteiger partial charge in [-0.25, -0.2) is 4.57 Å². The van der Waals surface area contributed by atoms with Gasteiger partial charge in [-0.2, -0.15) is 0 Å². The molecule has 182 valence electrons. The average Bonchev–Trinajstić information content (AvgIpc) is 2.93. The molecule has 4 aromatic carbocycles.